The molecule has 2 aromatic heterocycles. The van der Waals surface area contributed by atoms with Crippen molar-refractivity contribution in [1.29, 1.82) is 0 Å². The van der Waals surface area contributed by atoms with Gasteiger partial charge in [-0.25, -0.2) is 4.90 Å². The molecule has 0 N–H and O–H groups in total. The topological polar surface area (TPSA) is 92.9 Å². The van der Waals surface area contributed by atoms with Crippen molar-refractivity contribution >= 4 is 23.4 Å². The lowest BCUT2D eigenvalue weighted by atomic mass is 10.1. The summed E-state index contributed by atoms with van der Waals surface area (Å²) < 4.78 is 10.7. The Morgan fingerprint density at radius 2 is 2.00 bits per heavy atom. The molecule has 1 atom stereocenters. The van der Waals surface area contributed by atoms with E-state index in [0.717, 1.165) is 10.5 Å². The van der Waals surface area contributed by atoms with Gasteiger partial charge in [0.05, 0.1) is 25.0 Å². The summed E-state index contributed by atoms with van der Waals surface area (Å²) in [5.74, 6) is -0.550. The lowest BCUT2D eigenvalue weighted by molar-refractivity contribution is -0.122. The van der Waals surface area contributed by atoms with Crippen LogP contribution in [0.4, 0.5) is 5.69 Å². The van der Waals surface area contributed by atoms with Gasteiger partial charge in [0.2, 0.25) is 5.91 Å². The van der Waals surface area contributed by atoms with Gasteiger partial charge in [0.25, 0.3) is 11.8 Å². The van der Waals surface area contributed by atoms with E-state index in [1.165, 1.54) is 17.2 Å². The first-order chi connectivity index (χ1) is 15.1. The molecule has 0 aliphatic carbocycles. The minimum atomic E-state index is -0.947. The van der Waals surface area contributed by atoms with Crippen LogP contribution in [0.5, 0.6) is 5.75 Å². The minimum Gasteiger partial charge on any atom is -0.494 e. The highest BCUT2D eigenvalue weighted by molar-refractivity contribution is 6.23. The van der Waals surface area contributed by atoms with E-state index < -0.39 is 17.9 Å². The van der Waals surface area contributed by atoms with Gasteiger partial charge in [-0.1, -0.05) is 6.07 Å². The fourth-order valence-corrected chi connectivity index (χ4v) is 3.54. The molecule has 0 spiro atoms. The molecular weight excluding hydrogens is 398 g/mol. The molecule has 3 heterocycles. The van der Waals surface area contributed by atoms with E-state index in [2.05, 4.69) is 4.98 Å². The zero-order valence-corrected chi connectivity index (χ0v) is 16.9. The molecule has 1 unspecified atom stereocenters. The zero-order valence-electron chi connectivity index (χ0n) is 16.9. The van der Waals surface area contributed by atoms with Gasteiger partial charge in [-0.3, -0.25) is 19.4 Å². The molecule has 0 radical (unpaired) electrons. The van der Waals surface area contributed by atoms with Crippen LogP contribution in [0.3, 0.4) is 0 Å². The van der Waals surface area contributed by atoms with E-state index in [1.54, 1.807) is 54.9 Å². The molecule has 31 heavy (non-hydrogen) atoms. The van der Waals surface area contributed by atoms with Crippen molar-refractivity contribution < 1.29 is 23.5 Å². The van der Waals surface area contributed by atoms with Crippen LogP contribution in [-0.4, -0.2) is 40.3 Å². The minimum absolute atomic E-state index is 0.101. The maximum absolute atomic E-state index is 13.3. The number of hydrogen-bond acceptors (Lipinski definition) is 6. The van der Waals surface area contributed by atoms with E-state index in [4.69, 9.17) is 9.15 Å². The Labute approximate surface area is 179 Å². The third-order valence-corrected chi connectivity index (χ3v) is 4.97. The number of aromatic nitrogens is 1. The Balaban J connectivity index is 1.62. The predicted octanol–water partition coefficient (Wildman–Crippen LogP) is 3.05. The molecule has 8 heteroatoms. The van der Waals surface area contributed by atoms with Crippen molar-refractivity contribution in [2.24, 2.45) is 0 Å². The van der Waals surface area contributed by atoms with E-state index in [-0.39, 0.29) is 24.6 Å². The molecule has 3 amide bonds. The summed E-state index contributed by atoms with van der Waals surface area (Å²) in [5, 5.41) is 0. The number of rotatable bonds is 7. The number of benzene rings is 1. The highest BCUT2D eigenvalue weighted by Crippen LogP contribution is 2.29. The van der Waals surface area contributed by atoms with Gasteiger partial charge in [-0.2, -0.15) is 0 Å². The number of furan rings is 1. The first-order valence-electron chi connectivity index (χ1n) is 9.91. The third kappa shape index (κ3) is 4.18. The normalized spacial score (nSPS) is 15.9. The number of carbonyl (C=O) groups is 3. The Morgan fingerprint density at radius 1 is 1.19 bits per heavy atom. The van der Waals surface area contributed by atoms with Gasteiger partial charge < -0.3 is 14.1 Å². The Bertz CT molecular complexity index is 1060. The van der Waals surface area contributed by atoms with Crippen molar-refractivity contribution in [3.63, 3.8) is 0 Å². The standard InChI is InChI=1S/C23H21N3O5/c1-2-30-18-9-7-17(8-10-18)26-21(27)13-19(22(26)28)25(15-16-5-3-11-24-14-16)23(29)20-6-4-12-31-20/h3-12,14,19H,2,13,15H2,1H3. The van der Waals surface area contributed by atoms with Crippen LogP contribution in [0.25, 0.3) is 0 Å². The first-order valence-corrected chi connectivity index (χ1v) is 9.91. The van der Waals surface area contributed by atoms with Gasteiger partial charge in [-0.05, 0) is 55.0 Å². The highest BCUT2D eigenvalue weighted by atomic mass is 16.5. The number of carbonyl (C=O) groups excluding carboxylic acids is 3. The summed E-state index contributed by atoms with van der Waals surface area (Å²) in [6.07, 6.45) is 4.52. The summed E-state index contributed by atoms with van der Waals surface area (Å²) in [7, 11) is 0. The Morgan fingerprint density at radius 3 is 2.65 bits per heavy atom. The first kappa shape index (κ1) is 20.3. The van der Waals surface area contributed by atoms with Crippen LogP contribution in [0, 0.1) is 0 Å². The monoisotopic (exact) mass is 419 g/mol. The SMILES string of the molecule is CCOc1ccc(N2C(=O)CC(N(Cc3cccnc3)C(=O)c3ccco3)C2=O)cc1. The van der Waals surface area contributed by atoms with Gasteiger partial charge in [0.15, 0.2) is 5.76 Å². The number of imide groups is 1. The number of ether oxygens (including phenoxy) is 1. The Kier molecular flexibility index (Phi) is 5.79. The molecule has 3 aromatic rings. The van der Waals surface area contributed by atoms with Gasteiger partial charge >= 0.3 is 0 Å². The summed E-state index contributed by atoms with van der Waals surface area (Å²) in [6.45, 7) is 2.51. The largest absolute Gasteiger partial charge is 0.494 e. The van der Waals surface area contributed by atoms with Crippen molar-refractivity contribution in [3.05, 3.63) is 78.5 Å². The summed E-state index contributed by atoms with van der Waals surface area (Å²) >= 11 is 0. The molecule has 1 aliphatic rings. The van der Waals surface area contributed by atoms with E-state index in [1.807, 2.05) is 6.92 Å². The van der Waals surface area contributed by atoms with Gasteiger partial charge in [-0.15, -0.1) is 0 Å². The molecule has 1 fully saturated rings. The summed E-state index contributed by atoms with van der Waals surface area (Å²) in [4.78, 5) is 45.7. The van der Waals surface area contributed by atoms with Crippen LogP contribution in [-0.2, 0) is 16.1 Å². The van der Waals surface area contributed by atoms with E-state index in [9.17, 15) is 14.4 Å². The molecule has 4 rings (SSSR count). The van der Waals surface area contributed by atoms with Crippen LogP contribution in [0.1, 0.15) is 29.5 Å². The third-order valence-electron chi connectivity index (χ3n) is 4.97. The molecule has 1 aliphatic heterocycles. The van der Waals surface area contributed by atoms with Crippen molar-refractivity contribution in [3.8, 4) is 5.75 Å². The molecule has 158 valence electrons. The zero-order chi connectivity index (χ0) is 21.8. The number of nitrogens with zero attached hydrogens (tertiary/aromatic N) is 3. The average Bonchev–Trinajstić information content (AvgIpc) is 3.42. The van der Waals surface area contributed by atoms with Crippen LogP contribution < -0.4 is 9.64 Å². The fourth-order valence-electron chi connectivity index (χ4n) is 3.54. The van der Waals surface area contributed by atoms with Crippen molar-refractivity contribution in [2.45, 2.75) is 25.9 Å². The molecule has 8 nitrogen and oxygen atoms in total. The van der Waals surface area contributed by atoms with Gasteiger partial charge in [0, 0.05) is 18.9 Å². The summed E-state index contributed by atoms with van der Waals surface area (Å²) in [5.41, 5.74) is 1.18. The number of anilines is 1. The Hall–Kier alpha value is -3.94. The lowest BCUT2D eigenvalue weighted by Gasteiger charge is -2.27. The number of pyridine rings is 1. The smallest absolute Gasteiger partial charge is 0.290 e. The van der Waals surface area contributed by atoms with Crippen LogP contribution in [0.15, 0.2) is 71.6 Å². The lowest BCUT2D eigenvalue weighted by Crippen LogP contribution is -2.45. The predicted molar refractivity (Wildman–Crippen MR) is 111 cm³/mol. The van der Waals surface area contributed by atoms with Gasteiger partial charge in [0.1, 0.15) is 11.8 Å². The molecular formula is C23H21N3O5. The second kappa shape index (κ2) is 8.83. The van der Waals surface area contributed by atoms with Crippen LogP contribution >= 0.6 is 0 Å². The van der Waals surface area contributed by atoms with Crippen molar-refractivity contribution in [1.82, 2.24) is 9.88 Å². The van der Waals surface area contributed by atoms with E-state index in [0.29, 0.717) is 18.0 Å². The number of amides is 3. The quantitative estimate of drug-likeness (QED) is 0.547. The van der Waals surface area contributed by atoms with Crippen molar-refractivity contribution in [2.75, 3.05) is 11.5 Å². The molecule has 1 aromatic carbocycles. The highest BCUT2D eigenvalue weighted by Gasteiger charge is 2.45. The average molecular weight is 419 g/mol. The number of hydrogen-bond donors (Lipinski definition) is 0. The summed E-state index contributed by atoms with van der Waals surface area (Å²) in [6, 6.07) is 12.5. The van der Waals surface area contributed by atoms with Crippen LogP contribution in [0.2, 0.25) is 0 Å². The molecule has 0 saturated carbocycles. The second-order valence-corrected chi connectivity index (χ2v) is 6.99. The van der Waals surface area contributed by atoms with E-state index >= 15 is 0 Å². The maximum atomic E-state index is 13.3. The molecule has 0 bridgehead atoms. The second-order valence-electron chi connectivity index (χ2n) is 6.99. The maximum Gasteiger partial charge on any atom is 0.290 e. The molecule has 1 saturated heterocycles. The fraction of sp³-hybridized carbons (Fsp3) is 0.217.